The van der Waals surface area contributed by atoms with Gasteiger partial charge in [-0.15, -0.1) is 0 Å². The van der Waals surface area contributed by atoms with Crippen LogP contribution in [0.1, 0.15) is 31.9 Å². The van der Waals surface area contributed by atoms with Crippen molar-refractivity contribution in [2.24, 2.45) is 5.92 Å². The van der Waals surface area contributed by atoms with E-state index in [4.69, 9.17) is 34.6 Å². The summed E-state index contributed by atoms with van der Waals surface area (Å²) in [5.41, 5.74) is 10.1. The highest BCUT2D eigenvalue weighted by atomic mass is 16.5. The van der Waals surface area contributed by atoms with E-state index in [1.807, 2.05) is 121 Å². The summed E-state index contributed by atoms with van der Waals surface area (Å²) >= 11 is 0. The summed E-state index contributed by atoms with van der Waals surface area (Å²) in [4.78, 5) is 29.7. The largest absolute Gasteiger partial charge is 0.481 e. The quantitative estimate of drug-likeness (QED) is 0.151. The van der Waals surface area contributed by atoms with Crippen LogP contribution in [0, 0.1) is 5.92 Å². The molecule has 0 N–H and O–H groups in total. The van der Waals surface area contributed by atoms with E-state index in [9.17, 15) is 0 Å². The zero-order chi connectivity index (χ0) is 44.0. The molecular weight excluding hydrogens is 797 g/mol. The molecule has 0 bridgehead atoms. The summed E-state index contributed by atoms with van der Waals surface area (Å²) in [6, 6.07) is 63.8. The molecule has 1 aliphatic heterocycles. The van der Waals surface area contributed by atoms with E-state index in [2.05, 4.69) is 106 Å². The Labute approximate surface area is 379 Å². The predicted molar refractivity (Wildman–Crippen MR) is 260 cm³/mol. The molecule has 2 aliphatic rings. The van der Waals surface area contributed by atoms with Gasteiger partial charge in [-0.2, -0.15) is 0 Å². The maximum atomic E-state index is 7.41. The van der Waals surface area contributed by atoms with Crippen LogP contribution in [-0.4, -0.2) is 35.5 Å². The Balaban J connectivity index is 0.932. The van der Waals surface area contributed by atoms with Crippen LogP contribution in [0.4, 0.5) is 0 Å². The van der Waals surface area contributed by atoms with Gasteiger partial charge in [0.25, 0.3) is 0 Å². The minimum absolute atomic E-state index is 0.0617. The minimum Gasteiger partial charge on any atom is -0.481 e. The third-order valence-corrected chi connectivity index (χ3v) is 12.8. The van der Waals surface area contributed by atoms with Crippen LogP contribution < -0.4 is 4.74 Å². The Bertz CT molecular complexity index is 3130. The normalized spacial score (nSPS) is 17.0. The van der Waals surface area contributed by atoms with Crippen LogP contribution >= 0.6 is 0 Å². The fraction of sp³-hybridized carbons (Fsp3) is 0.103. The highest BCUT2D eigenvalue weighted by Gasteiger charge is 2.53. The van der Waals surface area contributed by atoms with E-state index in [1.54, 1.807) is 0 Å². The second-order valence-corrected chi connectivity index (χ2v) is 17.3. The van der Waals surface area contributed by atoms with Crippen LogP contribution in [0.25, 0.3) is 85.0 Å². The molecule has 2 atom stereocenters. The average Bonchev–Trinajstić information content (AvgIpc) is 3.37. The van der Waals surface area contributed by atoms with Gasteiger partial charge in [0, 0.05) is 61.4 Å². The first kappa shape index (κ1) is 39.7. The molecule has 0 amide bonds. The lowest BCUT2D eigenvalue weighted by atomic mass is 9.60. The second kappa shape index (κ2) is 16.2. The number of aromatic nitrogens is 6. The lowest BCUT2D eigenvalue weighted by Crippen LogP contribution is -2.53. The molecule has 0 saturated carbocycles. The summed E-state index contributed by atoms with van der Waals surface area (Å²) < 4.78 is 7.41. The molecule has 65 heavy (non-hydrogen) atoms. The van der Waals surface area contributed by atoms with Crippen molar-refractivity contribution >= 4 is 5.57 Å². The summed E-state index contributed by atoms with van der Waals surface area (Å²) in [5.74, 6) is 4.73. The third kappa shape index (κ3) is 7.31. The molecule has 7 heteroatoms. The van der Waals surface area contributed by atoms with Crippen LogP contribution in [0.15, 0.2) is 206 Å². The number of allylic oxidation sites excluding steroid dienone is 2. The van der Waals surface area contributed by atoms with E-state index in [0.717, 1.165) is 61.4 Å². The molecular formula is C58H44N6O. The van der Waals surface area contributed by atoms with Gasteiger partial charge < -0.3 is 4.74 Å². The number of benzene rings is 7. The molecule has 0 radical (unpaired) electrons. The standard InChI is InChI=1S/C58H44N6O/c1-57(2)48-28-16-26-46(38-30-34-44(35-31-38)55-61-51(40-18-8-4-9-19-40)59-52(62-55)41-20-10-5-11-21-41)50(48)65-58(3)47(27-17-29-49(57)58)39-32-36-45(37-33-39)56-63-53(42-22-12-6-13-23-42)60-54(64-56)43-24-14-7-15-25-43/h4-37,49H,1-3H3. The topological polar surface area (TPSA) is 86.6 Å². The van der Waals surface area contributed by atoms with Gasteiger partial charge in [0.1, 0.15) is 11.4 Å². The van der Waals surface area contributed by atoms with E-state index >= 15 is 0 Å². The highest BCUT2D eigenvalue weighted by Crippen LogP contribution is 2.57. The molecule has 7 aromatic carbocycles. The monoisotopic (exact) mass is 840 g/mol. The minimum atomic E-state index is -0.677. The molecule has 2 unspecified atom stereocenters. The zero-order valence-electron chi connectivity index (χ0n) is 36.3. The molecule has 1 aliphatic carbocycles. The molecule has 3 heterocycles. The Morgan fingerprint density at radius 3 is 1.12 bits per heavy atom. The van der Waals surface area contributed by atoms with Crippen molar-refractivity contribution < 1.29 is 4.74 Å². The van der Waals surface area contributed by atoms with Gasteiger partial charge in [0.05, 0.1) is 0 Å². The predicted octanol–water partition coefficient (Wildman–Crippen LogP) is 13.4. The maximum absolute atomic E-state index is 7.41. The zero-order valence-corrected chi connectivity index (χ0v) is 36.3. The van der Waals surface area contributed by atoms with Gasteiger partial charge in [0.15, 0.2) is 34.9 Å². The number of ether oxygens (including phenoxy) is 1. The van der Waals surface area contributed by atoms with Crippen LogP contribution in [-0.2, 0) is 5.41 Å². The second-order valence-electron chi connectivity index (χ2n) is 17.3. The molecule has 9 aromatic rings. The fourth-order valence-corrected chi connectivity index (χ4v) is 9.44. The van der Waals surface area contributed by atoms with Crippen molar-refractivity contribution in [3.63, 3.8) is 0 Å². The third-order valence-electron chi connectivity index (χ3n) is 12.8. The Kier molecular flexibility index (Phi) is 9.88. The summed E-state index contributed by atoms with van der Waals surface area (Å²) in [7, 11) is 0. The van der Waals surface area contributed by atoms with E-state index < -0.39 is 5.60 Å². The van der Waals surface area contributed by atoms with Crippen LogP contribution in [0.5, 0.6) is 5.75 Å². The Morgan fingerprint density at radius 2 is 0.723 bits per heavy atom. The number of fused-ring (bicyclic) bond motifs is 2. The number of para-hydroxylation sites is 1. The molecule has 11 rings (SSSR count). The maximum Gasteiger partial charge on any atom is 0.164 e. The Morgan fingerprint density at radius 1 is 0.369 bits per heavy atom. The first-order valence-corrected chi connectivity index (χ1v) is 22.0. The van der Waals surface area contributed by atoms with Crippen molar-refractivity contribution in [3.8, 4) is 85.2 Å². The van der Waals surface area contributed by atoms with Crippen LogP contribution in [0.3, 0.4) is 0 Å². The van der Waals surface area contributed by atoms with E-state index in [-0.39, 0.29) is 11.3 Å². The fourth-order valence-electron chi connectivity index (χ4n) is 9.44. The van der Waals surface area contributed by atoms with Gasteiger partial charge in [-0.05, 0) is 18.1 Å². The Hall–Kier alpha value is -8.16. The number of hydrogen-bond acceptors (Lipinski definition) is 7. The van der Waals surface area contributed by atoms with Gasteiger partial charge in [-0.3, -0.25) is 0 Å². The highest BCUT2D eigenvalue weighted by molar-refractivity contribution is 5.82. The van der Waals surface area contributed by atoms with Crippen molar-refractivity contribution in [3.05, 3.63) is 217 Å². The van der Waals surface area contributed by atoms with Crippen molar-refractivity contribution in [2.75, 3.05) is 0 Å². The lowest BCUT2D eigenvalue weighted by Gasteiger charge is -2.52. The van der Waals surface area contributed by atoms with Gasteiger partial charge in [0.2, 0.25) is 0 Å². The van der Waals surface area contributed by atoms with E-state index in [1.165, 1.54) is 5.56 Å². The number of rotatable bonds is 8. The smallest absolute Gasteiger partial charge is 0.164 e. The average molecular weight is 841 g/mol. The van der Waals surface area contributed by atoms with Gasteiger partial charge >= 0.3 is 0 Å². The van der Waals surface area contributed by atoms with Gasteiger partial charge in [-0.25, -0.2) is 29.9 Å². The molecule has 312 valence electrons. The number of hydrogen-bond donors (Lipinski definition) is 0. The van der Waals surface area contributed by atoms with E-state index in [0.29, 0.717) is 34.9 Å². The summed E-state index contributed by atoms with van der Waals surface area (Å²) in [6.45, 7) is 6.92. The molecule has 2 aromatic heterocycles. The molecule has 7 nitrogen and oxygen atoms in total. The first-order valence-electron chi connectivity index (χ1n) is 22.0. The van der Waals surface area contributed by atoms with Crippen molar-refractivity contribution in [1.29, 1.82) is 0 Å². The SMILES string of the molecule is CC12Oc3c(-c4ccc(-c5nc(-c6ccccc6)nc(-c6ccccc6)n5)cc4)cccc3C(C)(C)C1C=CC=C2c1ccc(-c2nc(-c3ccccc3)nc(-c3ccccc3)n2)cc1. The lowest BCUT2D eigenvalue weighted by molar-refractivity contribution is 0.0434. The number of nitrogens with zero attached hydrogens (tertiary/aromatic N) is 6. The van der Waals surface area contributed by atoms with Crippen LogP contribution in [0.2, 0.25) is 0 Å². The molecule has 0 fully saturated rings. The van der Waals surface area contributed by atoms with Crippen molar-refractivity contribution in [2.45, 2.75) is 31.8 Å². The van der Waals surface area contributed by atoms with Gasteiger partial charge in [-0.1, -0.05) is 220 Å². The van der Waals surface area contributed by atoms with Crippen molar-refractivity contribution in [1.82, 2.24) is 29.9 Å². The summed E-state index contributed by atoms with van der Waals surface area (Å²) in [6.07, 6.45) is 6.70. The first-order chi connectivity index (χ1) is 31.8. The molecule has 0 saturated heterocycles. The molecule has 0 spiro atoms. The summed E-state index contributed by atoms with van der Waals surface area (Å²) in [5, 5.41) is 0.